The lowest BCUT2D eigenvalue weighted by Crippen LogP contribution is -2.30. The Morgan fingerprint density at radius 1 is 1.48 bits per heavy atom. The Kier molecular flexibility index (Phi) is 4.98. The maximum absolute atomic E-state index is 13.6. The molecule has 2 N–H and O–H groups in total. The van der Waals surface area contributed by atoms with Crippen LogP contribution in [0.2, 0.25) is 0 Å². The summed E-state index contributed by atoms with van der Waals surface area (Å²) in [5.74, 6) is -4.20. The second-order valence-electron chi connectivity index (χ2n) is 4.98. The first kappa shape index (κ1) is 17.3. The predicted molar refractivity (Wildman–Crippen MR) is 84.4 cm³/mol. The largest absolute Gasteiger partial charge is 0.481 e. The molecule has 0 saturated heterocycles. The van der Waals surface area contributed by atoms with Crippen molar-refractivity contribution in [3.63, 3.8) is 0 Å². The fourth-order valence-corrected chi connectivity index (χ4v) is 2.38. The third-order valence-electron chi connectivity index (χ3n) is 3.04. The maximum atomic E-state index is 13.6. The molecule has 1 amide bonds. The maximum Gasteiger partial charge on any atom is 0.304 e. The predicted octanol–water partition coefficient (Wildman–Crippen LogP) is 2.46. The molecule has 0 atom stereocenters. The summed E-state index contributed by atoms with van der Waals surface area (Å²) in [6.07, 6.45) is 3.40. The van der Waals surface area contributed by atoms with Gasteiger partial charge in [-0.05, 0) is 12.2 Å². The molecule has 0 spiro atoms. The van der Waals surface area contributed by atoms with E-state index in [0.717, 1.165) is 4.48 Å². The molecule has 0 aliphatic carbocycles. The Hall–Kier alpha value is -2.03. The molecule has 0 unspecified atom stereocenters. The van der Waals surface area contributed by atoms with Crippen LogP contribution in [0.1, 0.15) is 19.2 Å². The SMILES string of the molecule is COc1cc(N2CC(Br)=CC=C2CC(N)=O)nc(C(C)(F)F)n1. The minimum absolute atomic E-state index is 0.00984. The number of alkyl halides is 2. The highest BCUT2D eigenvalue weighted by Gasteiger charge is 2.31. The van der Waals surface area contributed by atoms with Gasteiger partial charge in [-0.1, -0.05) is 15.9 Å². The lowest BCUT2D eigenvalue weighted by molar-refractivity contribution is -0.117. The van der Waals surface area contributed by atoms with E-state index in [4.69, 9.17) is 10.5 Å². The molecule has 9 heteroatoms. The monoisotopic (exact) mass is 388 g/mol. The number of ether oxygens (including phenoxy) is 1. The Balaban J connectivity index is 2.48. The first-order chi connectivity index (χ1) is 10.7. The minimum atomic E-state index is -3.22. The zero-order chi connectivity index (χ0) is 17.2. The zero-order valence-corrected chi connectivity index (χ0v) is 14.1. The highest BCUT2D eigenvalue weighted by atomic mass is 79.9. The van der Waals surface area contributed by atoms with Gasteiger partial charge in [-0.25, -0.2) is 4.98 Å². The van der Waals surface area contributed by atoms with Gasteiger partial charge in [0.1, 0.15) is 5.82 Å². The Morgan fingerprint density at radius 2 is 2.17 bits per heavy atom. The highest BCUT2D eigenvalue weighted by Crippen LogP contribution is 2.31. The molecule has 2 rings (SSSR count). The summed E-state index contributed by atoms with van der Waals surface area (Å²) in [4.78, 5) is 20.4. The molecule has 0 bridgehead atoms. The van der Waals surface area contributed by atoms with Crippen molar-refractivity contribution < 1.29 is 18.3 Å². The fraction of sp³-hybridized carbons (Fsp3) is 0.357. The van der Waals surface area contributed by atoms with E-state index in [-0.39, 0.29) is 18.1 Å². The van der Waals surface area contributed by atoms with Gasteiger partial charge < -0.3 is 15.4 Å². The van der Waals surface area contributed by atoms with E-state index >= 15 is 0 Å². The van der Waals surface area contributed by atoms with Crippen molar-refractivity contribution in [2.75, 3.05) is 18.6 Å². The van der Waals surface area contributed by atoms with Crippen LogP contribution in [0.3, 0.4) is 0 Å². The van der Waals surface area contributed by atoms with Gasteiger partial charge in [-0.15, -0.1) is 0 Å². The number of nitrogens with two attached hydrogens (primary N) is 1. The number of carbonyl (C=O) groups is 1. The Bertz CT molecular complexity index is 686. The molecule has 0 aromatic carbocycles. The van der Waals surface area contributed by atoms with Crippen molar-refractivity contribution in [1.82, 2.24) is 9.97 Å². The van der Waals surface area contributed by atoms with Crippen LogP contribution in [-0.2, 0) is 10.7 Å². The van der Waals surface area contributed by atoms with E-state index in [1.165, 1.54) is 13.2 Å². The molecular weight excluding hydrogens is 374 g/mol. The number of anilines is 1. The van der Waals surface area contributed by atoms with E-state index in [1.54, 1.807) is 17.1 Å². The number of hydrogen-bond donors (Lipinski definition) is 1. The van der Waals surface area contributed by atoms with Gasteiger partial charge in [-0.2, -0.15) is 13.8 Å². The van der Waals surface area contributed by atoms with Gasteiger partial charge in [0, 0.05) is 23.2 Å². The summed E-state index contributed by atoms with van der Waals surface area (Å²) in [6, 6.07) is 1.43. The van der Waals surface area contributed by atoms with Crippen LogP contribution in [0, 0.1) is 0 Å². The first-order valence-electron chi connectivity index (χ1n) is 6.63. The van der Waals surface area contributed by atoms with Crippen molar-refractivity contribution in [1.29, 1.82) is 0 Å². The van der Waals surface area contributed by atoms with Crippen molar-refractivity contribution in [2.24, 2.45) is 5.73 Å². The number of primary amides is 1. The molecule has 124 valence electrons. The van der Waals surface area contributed by atoms with E-state index < -0.39 is 17.7 Å². The molecule has 1 aromatic heterocycles. The molecule has 0 radical (unpaired) electrons. The zero-order valence-electron chi connectivity index (χ0n) is 12.5. The third-order valence-corrected chi connectivity index (χ3v) is 3.55. The third kappa shape index (κ3) is 4.25. The number of nitrogens with zero attached hydrogens (tertiary/aromatic N) is 3. The number of methoxy groups -OCH3 is 1. The smallest absolute Gasteiger partial charge is 0.304 e. The molecule has 2 heterocycles. The first-order valence-corrected chi connectivity index (χ1v) is 7.42. The summed E-state index contributed by atoms with van der Waals surface area (Å²) < 4.78 is 33.0. The number of amides is 1. The molecule has 6 nitrogen and oxygen atoms in total. The highest BCUT2D eigenvalue weighted by molar-refractivity contribution is 9.11. The molecule has 1 aliphatic heterocycles. The van der Waals surface area contributed by atoms with Gasteiger partial charge in [0.25, 0.3) is 0 Å². The van der Waals surface area contributed by atoms with E-state index in [0.29, 0.717) is 19.2 Å². The van der Waals surface area contributed by atoms with Crippen LogP contribution in [0.25, 0.3) is 0 Å². The van der Waals surface area contributed by atoms with E-state index in [9.17, 15) is 13.6 Å². The Morgan fingerprint density at radius 3 is 2.74 bits per heavy atom. The number of hydrogen-bond acceptors (Lipinski definition) is 5. The lowest BCUT2D eigenvalue weighted by Gasteiger charge is -2.29. The lowest BCUT2D eigenvalue weighted by atomic mass is 10.2. The van der Waals surface area contributed by atoms with E-state index in [2.05, 4.69) is 25.9 Å². The van der Waals surface area contributed by atoms with Crippen molar-refractivity contribution in [3.05, 3.63) is 34.2 Å². The topological polar surface area (TPSA) is 81.3 Å². The number of halogens is 3. The van der Waals surface area contributed by atoms with Gasteiger partial charge in [0.2, 0.25) is 17.6 Å². The van der Waals surface area contributed by atoms with Gasteiger partial charge in [0.15, 0.2) is 0 Å². The summed E-state index contributed by atoms with van der Waals surface area (Å²) >= 11 is 3.35. The van der Waals surface area contributed by atoms with Gasteiger partial charge in [-0.3, -0.25) is 4.79 Å². The molecule has 0 saturated carbocycles. The van der Waals surface area contributed by atoms with Gasteiger partial charge in [0.05, 0.1) is 20.1 Å². The van der Waals surface area contributed by atoms with Crippen molar-refractivity contribution in [2.45, 2.75) is 19.3 Å². The van der Waals surface area contributed by atoms with Crippen molar-refractivity contribution >= 4 is 27.7 Å². The summed E-state index contributed by atoms with van der Waals surface area (Å²) in [5, 5.41) is 0. The number of aromatic nitrogens is 2. The molecule has 1 aromatic rings. The average molecular weight is 389 g/mol. The normalized spacial score (nSPS) is 15.1. The average Bonchev–Trinajstić information content (AvgIpc) is 2.47. The Labute approximate surface area is 140 Å². The molecule has 1 aliphatic rings. The number of carbonyl (C=O) groups excluding carboxylic acids is 1. The second-order valence-corrected chi connectivity index (χ2v) is 6.00. The van der Waals surface area contributed by atoms with Crippen LogP contribution < -0.4 is 15.4 Å². The second kappa shape index (κ2) is 6.61. The quantitative estimate of drug-likeness (QED) is 0.837. The standard InChI is InChI=1S/C14H15BrF2N4O2/c1-14(16,17)13-19-11(6-12(20-13)23-2)21-7-8(15)3-4-9(21)5-10(18)22/h3-4,6H,5,7H2,1-2H3,(H2,18,22). The summed E-state index contributed by atoms with van der Waals surface area (Å²) in [5.41, 5.74) is 5.79. The van der Waals surface area contributed by atoms with Crippen LogP contribution in [-0.4, -0.2) is 29.5 Å². The van der Waals surface area contributed by atoms with Crippen LogP contribution in [0.5, 0.6) is 5.88 Å². The van der Waals surface area contributed by atoms with Gasteiger partial charge >= 0.3 is 5.92 Å². The van der Waals surface area contributed by atoms with Crippen LogP contribution in [0.15, 0.2) is 28.4 Å². The van der Waals surface area contributed by atoms with Crippen LogP contribution >= 0.6 is 15.9 Å². The minimum Gasteiger partial charge on any atom is -0.481 e. The molecular formula is C14H15BrF2N4O2. The molecule has 23 heavy (non-hydrogen) atoms. The summed E-state index contributed by atoms with van der Waals surface area (Å²) in [7, 11) is 1.33. The summed E-state index contributed by atoms with van der Waals surface area (Å²) in [6.45, 7) is 1.03. The number of allylic oxidation sites excluding steroid dienone is 2. The molecule has 0 fully saturated rings. The fourth-order valence-electron chi connectivity index (χ4n) is 1.99. The van der Waals surface area contributed by atoms with Crippen LogP contribution in [0.4, 0.5) is 14.6 Å². The van der Waals surface area contributed by atoms with Crippen molar-refractivity contribution in [3.8, 4) is 5.88 Å². The van der Waals surface area contributed by atoms with E-state index in [1.807, 2.05) is 0 Å². The number of rotatable bonds is 5.